The van der Waals surface area contributed by atoms with E-state index < -0.39 is 0 Å². The van der Waals surface area contributed by atoms with Crippen molar-refractivity contribution in [2.75, 3.05) is 26.3 Å². The van der Waals surface area contributed by atoms with Gasteiger partial charge in [-0.05, 0) is 36.8 Å². The van der Waals surface area contributed by atoms with Crippen molar-refractivity contribution in [3.63, 3.8) is 0 Å². The molecule has 9 nitrogen and oxygen atoms in total. The number of morpholine rings is 1. The first-order chi connectivity index (χ1) is 18.8. The van der Waals surface area contributed by atoms with Crippen LogP contribution in [0.4, 0.5) is 4.39 Å². The van der Waals surface area contributed by atoms with E-state index in [-0.39, 0.29) is 36.2 Å². The van der Waals surface area contributed by atoms with Crippen molar-refractivity contribution in [2.45, 2.75) is 32.0 Å². The van der Waals surface area contributed by atoms with Crippen LogP contribution < -0.4 is 5.32 Å². The van der Waals surface area contributed by atoms with E-state index in [2.05, 4.69) is 16.9 Å². The molecular weight excluding hydrogens is 538 g/mol. The Morgan fingerprint density at radius 2 is 2.21 bits per heavy atom. The van der Waals surface area contributed by atoms with Gasteiger partial charge in [-0.2, -0.15) is 0 Å². The van der Waals surface area contributed by atoms with E-state index in [4.69, 9.17) is 9.72 Å². The van der Waals surface area contributed by atoms with Gasteiger partial charge >= 0.3 is 0 Å². The lowest BCUT2D eigenvalue weighted by molar-refractivity contribution is -0.135. The first-order valence-corrected chi connectivity index (χ1v) is 14.8. The molecule has 4 aromatic rings. The van der Waals surface area contributed by atoms with Gasteiger partial charge in [-0.15, -0.1) is 11.3 Å². The van der Waals surface area contributed by atoms with Crippen LogP contribution in [0.1, 0.15) is 29.0 Å². The number of carbonyl (C=O) groups is 1. The van der Waals surface area contributed by atoms with Crippen molar-refractivity contribution < 1.29 is 19.0 Å². The zero-order valence-electron chi connectivity index (χ0n) is 21.6. The van der Waals surface area contributed by atoms with Crippen LogP contribution in [-0.2, 0) is 22.5 Å². The van der Waals surface area contributed by atoms with Crippen LogP contribution in [0, 0.1) is 10.9 Å². The number of nitrogens with one attached hydrogen (secondary N) is 1. The number of hydrogen-bond acceptors (Lipinski definition) is 7. The number of imidazole rings is 1. The Morgan fingerprint density at radius 1 is 1.38 bits per heavy atom. The maximum Gasteiger partial charge on any atom is 0.243 e. The lowest BCUT2D eigenvalue weighted by Gasteiger charge is -2.33. The average molecular weight is 567 g/mol. The molecule has 0 bridgehead atoms. The van der Waals surface area contributed by atoms with Crippen LogP contribution in [0.2, 0.25) is 0 Å². The zero-order valence-corrected chi connectivity index (χ0v) is 23.3. The number of halogens is 1. The van der Waals surface area contributed by atoms with Gasteiger partial charge in [-0.3, -0.25) is 9.20 Å². The number of thiazole rings is 1. The van der Waals surface area contributed by atoms with Gasteiger partial charge < -0.3 is 24.6 Å². The number of aromatic nitrogens is 4. The average Bonchev–Trinajstić information content (AvgIpc) is 3.53. The van der Waals surface area contributed by atoms with Crippen molar-refractivity contribution in [1.29, 1.82) is 0 Å². The third-order valence-electron chi connectivity index (χ3n) is 6.84. The second kappa shape index (κ2) is 10.2. The second-order valence-electron chi connectivity index (χ2n) is 9.81. The third kappa shape index (κ3) is 5.09. The Morgan fingerprint density at radius 3 is 2.95 bits per heavy atom. The molecule has 6 rings (SSSR count). The Bertz CT molecular complexity index is 1670. The number of hydrogen-bond donors (Lipinski definition) is 2. The first-order valence-electron chi connectivity index (χ1n) is 12.6. The lowest BCUT2D eigenvalue weighted by Crippen LogP contribution is -2.44. The molecule has 202 valence electrons. The molecule has 1 amide bonds. The van der Waals surface area contributed by atoms with Crippen molar-refractivity contribution in [3.05, 3.63) is 76.0 Å². The summed E-state index contributed by atoms with van der Waals surface area (Å²) in [6.45, 7) is 9.53. The highest BCUT2D eigenvalue weighted by Crippen LogP contribution is 2.35. The molecule has 2 N–H and O–H groups in total. The summed E-state index contributed by atoms with van der Waals surface area (Å²) >= 11 is 1.45. The summed E-state index contributed by atoms with van der Waals surface area (Å²) in [5.74, 6) is 0.871. The maximum absolute atomic E-state index is 13.9. The summed E-state index contributed by atoms with van der Waals surface area (Å²) in [5.41, 5.74) is 2.39. The van der Waals surface area contributed by atoms with E-state index in [9.17, 15) is 14.3 Å². The molecule has 2 unspecified atom stereocenters. The number of amides is 1. The van der Waals surface area contributed by atoms with Crippen LogP contribution in [0.5, 0.6) is 5.75 Å². The largest absolute Gasteiger partial charge is 0.504 e. The van der Waals surface area contributed by atoms with Crippen LogP contribution in [-0.4, -0.2) is 67.3 Å². The van der Waals surface area contributed by atoms with Crippen LogP contribution >= 0.6 is 19.5 Å². The van der Waals surface area contributed by atoms with Gasteiger partial charge in [0.1, 0.15) is 40.0 Å². The molecule has 2 saturated heterocycles. The number of ether oxygens (including phenoxy) is 1. The first kappa shape index (κ1) is 25.7. The third-order valence-corrected chi connectivity index (χ3v) is 8.69. The van der Waals surface area contributed by atoms with Crippen LogP contribution in [0.15, 0.2) is 49.1 Å². The Kier molecular flexibility index (Phi) is 6.74. The molecule has 0 aliphatic carbocycles. The minimum absolute atomic E-state index is 0.0598. The SMILES string of the molecule is C=C1CN(C(=O)Cn2ccn3c(=PC)c(O)c(-c4ncc(Cc5ccc(F)cc5C5CN5)s4)nc23)CC(C)O1. The van der Waals surface area contributed by atoms with Crippen molar-refractivity contribution in [1.82, 2.24) is 29.2 Å². The summed E-state index contributed by atoms with van der Waals surface area (Å²) in [6.07, 6.45) is 5.89. The van der Waals surface area contributed by atoms with Gasteiger partial charge in [0.2, 0.25) is 11.7 Å². The molecule has 2 aliphatic heterocycles. The number of aromatic hydroxyl groups is 1. The molecule has 5 heterocycles. The molecule has 0 radical (unpaired) electrons. The highest BCUT2D eigenvalue weighted by Gasteiger charge is 2.27. The number of carbonyl (C=O) groups excluding carboxylic acids is 1. The minimum atomic E-state index is -0.242. The molecular formula is C27H28FN6O3PS. The molecule has 0 spiro atoms. The fourth-order valence-corrected chi connectivity index (χ4v) is 6.58. The molecule has 2 fully saturated rings. The van der Waals surface area contributed by atoms with E-state index in [0.717, 1.165) is 30.8 Å². The topological polar surface area (TPSA) is 107 Å². The quantitative estimate of drug-likeness (QED) is 0.268. The summed E-state index contributed by atoms with van der Waals surface area (Å²) < 4.78 is 23.0. The number of benzene rings is 1. The van der Waals surface area contributed by atoms with E-state index in [1.807, 2.05) is 19.7 Å². The monoisotopic (exact) mass is 566 g/mol. The summed E-state index contributed by atoms with van der Waals surface area (Å²) in [5, 5.41) is 15.7. The number of rotatable bonds is 6. The molecule has 1 aromatic carbocycles. The van der Waals surface area contributed by atoms with Gasteiger partial charge in [0, 0.05) is 42.5 Å². The minimum Gasteiger partial charge on any atom is -0.504 e. The highest BCUT2D eigenvalue weighted by atomic mass is 32.1. The lowest BCUT2D eigenvalue weighted by atomic mass is 10.0. The molecule has 12 heteroatoms. The standard InChI is InChI=1S/C27H28FN6O3PS/c1-15-12-33(13-16(2)37-15)22(35)14-32-6-7-34-26(38-3)24(36)23(31-27(32)34)25-30-10-19(39-25)8-17-4-5-18(28)9-20(17)21-11-29-21/h4-7,9-10,16,21,29,36H,1,8,11-14H2,2-3H3. The normalized spacial score (nSPS) is 19.5. The van der Waals surface area contributed by atoms with E-state index in [1.54, 1.807) is 38.5 Å². The number of fused-ring (bicyclic) bond motifs is 1. The smallest absolute Gasteiger partial charge is 0.243 e. The Labute approximate surface area is 230 Å². The van der Waals surface area contributed by atoms with Gasteiger partial charge in [0.05, 0.1) is 13.1 Å². The van der Waals surface area contributed by atoms with Crippen LogP contribution in [0.25, 0.3) is 16.5 Å². The van der Waals surface area contributed by atoms with Crippen molar-refractivity contribution >= 4 is 31.2 Å². The maximum atomic E-state index is 13.9. The summed E-state index contributed by atoms with van der Waals surface area (Å²) in [7, 11) is 0.838. The van der Waals surface area contributed by atoms with E-state index >= 15 is 0 Å². The molecule has 0 saturated carbocycles. The highest BCUT2D eigenvalue weighted by molar-refractivity contribution is 7.28. The predicted molar refractivity (Wildman–Crippen MR) is 148 cm³/mol. The predicted octanol–water partition coefficient (Wildman–Crippen LogP) is 4.21. The fraction of sp³-hybridized carbons (Fsp3) is 0.333. The molecule has 2 atom stereocenters. The molecule has 39 heavy (non-hydrogen) atoms. The molecule has 2 aliphatic rings. The second-order valence-corrected chi connectivity index (χ2v) is 11.8. The van der Waals surface area contributed by atoms with Gasteiger partial charge in [0.15, 0.2) is 5.75 Å². The zero-order chi connectivity index (χ0) is 27.3. The fourth-order valence-electron chi connectivity index (χ4n) is 4.96. The van der Waals surface area contributed by atoms with Crippen molar-refractivity contribution in [2.24, 2.45) is 0 Å². The molecule has 3 aromatic heterocycles. The summed E-state index contributed by atoms with van der Waals surface area (Å²) in [4.78, 5) is 25.2. The van der Waals surface area contributed by atoms with Gasteiger partial charge in [-0.1, -0.05) is 20.8 Å². The van der Waals surface area contributed by atoms with Gasteiger partial charge in [-0.25, -0.2) is 14.4 Å². The van der Waals surface area contributed by atoms with Crippen LogP contribution in [0.3, 0.4) is 0 Å². The Balaban J connectivity index is 1.32. The summed E-state index contributed by atoms with van der Waals surface area (Å²) in [6, 6.07) is 5.09. The van der Waals surface area contributed by atoms with E-state index in [1.165, 1.54) is 17.4 Å². The van der Waals surface area contributed by atoms with Gasteiger partial charge in [0.25, 0.3) is 0 Å². The van der Waals surface area contributed by atoms with Crippen molar-refractivity contribution in [3.8, 4) is 16.5 Å². The Hall–Kier alpha value is -3.53. The number of nitrogens with zero attached hydrogens (tertiary/aromatic N) is 5. The van der Waals surface area contributed by atoms with E-state index in [0.29, 0.717) is 46.8 Å².